The Labute approximate surface area is 166 Å². The van der Waals surface area contributed by atoms with Gasteiger partial charge in [-0.1, -0.05) is 6.07 Å². The molecule has 3 aliphatic heterocycles. The molecule has 1 unspecified atom stereocenters. The highest BCUT2D eigenvalue weighted by molar-refractivity contribution is 7.90. The first-order valence-electron chi connectivity index (χ1n) is 10.3. The minimum absolute atomic E-state index is 0.134. The number of carbonyl (C=O) groups is 1. The van der Waals surface area contributed by atoms with Crippen LogP contribution in [-0.4, -0.2) is 66.5 Å². The Balaban J connectivity index is 1.38. The molecule has 4 heterocycles. The summed E-state index contributed by atoms with van der Waals surface area (Å²) in [6.07, 6.45) is 7.66. The number of likely N-dealkylation sites (tertiary alicyclic amines) is 1. The average molecular weight is 405 g/mol. The van der Waals surface area contributed by atoms with Crippen LogP contribution in [0.15, 0.2) is 24.5 Å². The molecule has 5 rings (SSSR count). The minimum Gasteiger partial charge on any atom is -0.356 e. The van der Waals surface area contributed by atoms with Crippen LogP contribution >= 0.6 is 0 Å². The van der Waals surface area contributed by atoms with Crippen molar-refractivity contribution < 1.29 is 13.2 Å². The third-order valence-electron chi connectivity index (χ3n) is 7.42. The first kappa shape index (κ1) is 18.5. The van der Waals surface area contributed by atoms with E-state index in [0.717, 1.165) is 63.8 Å². The van der Waals surface area contributed by atoms with E-state index in [1.165, 1.54) is 0 Å². The van der Waals surface area contributed by atoms with Crippen molar-refractivity contribution in [3.05, 3.63) is 30.1 Å². The van der Waals surface area contributed by atoms with Gasteiger partial charge < -0.3 is 5.32 Å². The lowest BCUT2D eigenvalue weighted by atomic mass is 9.60. The molecule has 1 amide bonds. The van der Waals surface area contributed by atoms with Crippen LogP contribution in [0.1, 0.15) is 37.7 Å². The highest BCUT2D eigenvalue weighted by Crippen LogP contribution is 2.57. The zero-order valence-corrected chi connectivity index (χ0v) is 17.0. The molecule has 1 aromatic rings. The number of hydrogen-bond donors (Lipinski definition) is 1. The van der Waals surface area contributed by atoms with Crippen molar-refractivity contribution in [3.63, 3.8) is 0 Å². The van der Waals surface area contributed by atoms with Crippen LogP contribution < -0.4 is 5.32 Å². The summed E-state index contributed by atoms with van der Waals surface area (Å²) < 4.78 is 27.0. The number of sulfonamides is 1. The largest absolute Gasteiger partial charge is 0.356 e. The first-order valence-corrected chi connectivity index (χ1v) is 11.8. The van der Waals surface area contributed by atoms with Crippen molar-refractivity contribution in [2.24, 2.45) is 10.8 Å². The molecule has 1 saturated carbocycles. The number of rotatable bonds is 4. The molecule has 2 spiro atoms. The monoisotopic (exact) mass is 404 g/mol. The maximum atomic E-state index is 13.0. The minimum atomic E-state index is -3.13. The summed E-state index contributed by atoms with van der Waals surface area (Å²) in [6, 6.07) is 4.02. The molecule has 4 aliphatic rings. The van der Waals surface area contributed by atoms with Crippen molar-refractivity contribution in [1.82, 2.24) is 19.5 Å². The smallest absolute Gasteiger partial charge is 0.228 e. The van der Waals surface area contributed by atoms with E-state index in [4.69, 9.17) is 0 Å². The molecule has 0 bridgehead atoms. The molecule has 8 heteroatoms. The Morgan fingerprint density at radius 2 is 1.96 bits per heavy atom. The number of piperidine rings is 1. The lowest BCUT2D eigenvalue weighted by Gasteiger charge is -2.46. The van der Waals surface area contributed by atoms with E-state index < -0.39 is 10.0 Å². The molecule has 1 aliphatic carbocycles. The second-order valence-corrected chi connectivity index (χ2v) is 11.2. The number of amides is 1. The van der Waals surface area contributed by atoms with Crippen LogP contribution in [0.2, 0.25) is 0 Å². The summed E-state index contributed by atoms with van der Waals surface area (Å²) >= 11 is 0. The SMILES string of the molecule is O=C1NCCC12CN(Cc1cccnc1)CC21CCN(S(=O)(=O)C2CC2)CC1. The van der Waals surface area contributed by atoms with Crippen molar-refractivity contribution in [2.45, 2.75) is 43.9 Å². The zero-order chi connectivity index (χ0) is 19.4. The molecule has 28 heavy (non-hydrogen) atoms. The predicted molar refractivity (Wildman–Crippen MR) is 105 cm³/mol. The van der Waals surface area contributed by atoms with Gasteiger partial charge in [-0.2, -0.15) is 0 Å². The van der Waals surface area contributed by atoms with E-state index >= 15 is 0 Å². The van der Waals surface area contributed by atoms with E-state index in [1.54, 1.807) is 10.5 Å². The van der Waals surface area contributed by atoms with Crippen molar-refractivity contribution in [2.75, 3.05) is 32.7 Å². The molecule has 7 nitrogen and oxygen atoms in total. The third-order valence-corrected chi connectivity index (χ3v) is 9.82. The topological polar surface area (TPSA) is 82.6 Å². The van der Waals surface area contributed by atoms with Gasteiger partial charge in [0.15, 0.2) is 0 Å². The van der Waals surface area contributed by atoms with Gasteiger partial charge in [0.1, 0.15) is 0 Å². The number of aromatic nitrogens is 1. The lowest BCUT2D eigenvalue weighted by Crippen LogP contribution is -2.53. The van der Waals surface area contributed by atoms with Crippen LogP contribution in [0, 0.1) is 10.8 Å². The van der Waals surface area contributed by atoms with E-state index in [0.29, 0.717) is 13.1 Å². The molecular weight excluding hydrogens is 376 g/mol. The summed E-state index contributed by atoms with van der Waals surface area (Å²) in [7, 11) is -3.13. The van der Waals surface area contributed by atoms with Gasteiger partial charge >= 0.3 is 0 Å². The van der Waals surface area contributed by atoms with Gasteiger partial charge in [-0.3, -0.25) is 14.7 Å². The van der Waals surface area contributed by atoms with Crippen LogP contribution in [-0.2, 0) is 21.4 Å². The van der Waals surface area contributed by atoms with Crippen molar-refractivity contribution in [1.29, 1.82) is 0 Å². The maximum Gasteiger partial charge on any atom is 0.228 e. The molecule has 3 saturated heterocycles. The Kier molecular flexibility index (Phi) is 4.30. The number of nitrogens with zero attached hydrogens (tertiary/aromatic N) is 3. The molecule has 1 aromatic heterocycles. The van der Waals surface area contributed by atoms with Crippen molar-refractivity contribution in [3.8, 4) is 0 Å². The molecule has 0 aromatic carbocycles. The fourth-order valence-electron chi connectivity index (χ4n) is 5.76. The van der Waals surface area contributed by atoms with E-state index in [1.807, 2.05) is 12.3 Å². The Morgan fingerprint density at radius 3 is 2.57 bits per heavy atom. The third kappa shape index (κ3) is 2.80. The molecular formula is C20H28N4O3S. The van der Waals surface area contributed by atoms with Gasteiger partial charge in [0.05, 0.1) is 10.7 Å². The van der Waals surface area contributed by atoms with Gasteiger partial charge in [-0.15, -0.1) is 0 Å². The van der Waals surface area contributed by atoms with Crippen LogP contribution in [0.4, 0.5) is 0 Å². The van der Waals surface area contributed by atoms with Gasteiger partial charge in [-0.25, -0.2) is 12.7 Å². The number of fused-ring (bicyclic) bond motifs is 1. The van der Waals surface area contributed by atoms with E-state index in [2.05, 4.69) is 21.3 Å². The molecule has 152 valence electrons. The van der Waals surface area contributed by atoms with Crippen LogP contribution in [0.3, 0.4) is 0 Å². The van der Waals surface area contributed by atoms with E-state index in [9.17, 15) is 13.2 Å². The van der Waals surface area contributed by atoms with Gasteiger partial charge in [0, 0.05) is 57.1 Å². The first-order chi connectivity index (χ1) is 13.5. The normalized spacial score (nSPS) is 30.9. The second-order valence-electron chi connectivity index (χ2n) is 9.02. The molecule has 1 N–H and O–H groups in total. The predicted octanol–water partition coefficient (Wildman–Crippen LogP) is 0.978. The lowest BCUT2D eigenvalue weighted by molar-refractivity contribution is -0.133. The zero-order valence-electron chi connectivity index (χ0n) is 16.1. The van der Waals surface area contributed by atoms with Gasteiger partial charge in [-0.05, 0) is 43.7 Å². The Hall–Kier alpha value is -1.51. The summed E-state index contributed by atoms with van der Waals surface area (Å²) in [5.41, 5.74) is 0.637. The second kappa shape index (κ2) is 6.50. The fourth-order valence-corrected chi connectivity index (χ4v) is 7.60. The highest BCUT2D eigenvalue weighted by Gasteiger charge is 2.64. The van der Waals surface area contributed by atoms with Crippen LogP contribution in [0.25, 0.3) is 0 Å². The summed E-state index contributed by atoms with van der Waals surface area (Å²) in [4.78, 5) is 19.6. The molecule has 4 fully saturated rings. The van der Waals surface area contributed by atoms with E-state index in [-0.39, 0.29) is 22.0 Å². The summed E-state index contributed by atoms with van der Waals surface area (Å²) in [6.45, 7) is 4.22. The van der Waals surface area contributed by atoms with Crippen LogP contribution in [0.5, 0.6) is 0 Å². The summed E-state index contributed by atoms with van der Waals surface area (Å²) in [5, 5.41) is 2.91. The standard InChI is InChI=1S/C20H28N4O3S/c25-18-20(5-9-22-18)15-23(13-16-2-1-8-21-12-16)14-19(20)6-10-24(11-7-19)28(26,27)17-3-4-17/h1-2,8,12,17H,3-7,9-11,13-15H2,(H,22,25). The maximum absolute atomic E-state index is 13.0. The van der Waals surface area contributed by atoms with Gasteiger partial charge in [0.25, 0.3) is 0 Å². The number of nitrogens with one attached hydrogen (secondary N) is 1. The Morgan fingerprint density at radius 1 is 1.18 bits per heavy atom. The van der Waals surface area contributed by atoms with Gasteiger partial charge in [0.2, 0.25) is 15.9 Å². The molecule has 0 radical (unpaired) electrons. The highest BCUT2D eigenvalue weighted by atomic mass is 32.2. The number of hydrogen-bond acceptors (Lipinski definition) is 5. The fraction of sp³-hybridized carbons (Fsp3) is 0.700. The Bertz CT molecular complexity index is 863. The number of carbonyl (C=O) groups excluding carboxylic acids is 1. The number of pyridine rings is 1. The molecule has 1 atom stereocenters. The van der Waals surface area contributed by atoms with Crippen molar-refractivity contribution >= 4 is 15.9 Å². The quantitative estimate of drug-likeness (QED) is 0.809. The average Bonchev–Trinajstić information content (AvgIpc) is 3.43. The summed E-state index contributed by atoms with van der Waals surface area (Å²) in [5.74, 6) is 0.166.